The highest BCUT2D eigenvalue weighted by Gasteiger charge is 2.39. The van der Waals surface area contributed by atoms with Gasteiger partial charge in [-0.3, -0.25) is 4.98 Å². The summed E-state index contributed by atoms with van der Waals surface area (Å²) in [5.41, 5.74) is 1.59. The zero-order chi connectivity index (χ0) is 14.6. The van der Waals surface area contributed by atoms with Gasteiger partial charge < -0.3 is 15.7 Å². The fraction of sp³-hybridized carbons (Fsp3) is 0.600. The monoisotopic (exact) mass is 277 g/mol. The predicted molar refractivity (Wildman–Crippen MR) is 77.2 cm³/mol. The van der Waals surface area contributed by atoms with Crippen LogP contribution < -0.4 is 10.6 Å². The van der Waals surface area contributed by atoms with Crippen LogP contribution in [-0.2, 0) is 6.54 Å². The summed E-state index contributed by atoms with van der Waals surface area (Å²) in [5.74, 6) is 0. The predicted octanol–water partition coefficient (Wildman–Crippen LogP) is 1.74. The second-order valence-electron chi connectivity index (χ2n) is 5.85. The van der Waals surface area contributed by atoms with Gasteiger partial charge in [-0.05, 0) is 31.9 Å². The molecule has 0 radical (unpaired) electrons. The van der Waals surface area contributed by atoms with Gasteiger partial charge in [-0.1, -0.05) is 19.4 Å². The van der Waals surface area contributed by atoms with E-state index < -0.39 is 0 Å². The molecule has 1 aromatic heterocycles. The highest BCUT2D eigenvalue weighted by molar-refractivity contribution is 5.74. The van der Waals surface area contributed by atoms with Gasteiger partial charge in [0.05, 0.1) is 18.8 Å². The van der Waals surface area contributed by atoms with Gasteiger partial charge in [-0.25, -0.2) is 4.79 Å². The number of hydrogen-bond donors (Lipinski definition) is 3. The molecule has 0 bridgehead atoms. The number of aliphatic hydroxyl groups excluding tert-OH is 1. The number of nitrogens with zero attached hydrogens (tertiary/aromatic N) is 1. The molecule has 0 spiro atoms. The molecule has 110 valence electrons. The molecule has 20 heavy (non-hydrogen) atoms. The van der Waals surface area contributed by atoms with Crippen molar-refractivity contribution in [1.29, 1.82) is 0 Å². The molecule has 2 rings (SSSR count). The highest BCUT2D eigenvalue weighted by atomic mass is 16.3. The van der Waals surface area contributed by atoms with Crippen molar-refractivity contribution < 1.29 is 9.90 Å². The first kappa shape index (κ1) is 14.8. The maximum absolute atomic E-state index is 11.9. The van der Waals surface area contributed by atoms with E-state index in [2.05, 4.69) is 15.6 Å². The van der Waals surface area contributed by atoms with Crippen molar-refractivity contribution >= 4 is 6.03 Å². The molecular formula is C15H23N3O2. The second-order valence-corrected chi connectivity index (χ2v) is 5.85. The number of nitrogens with one attached hydrogen (secondary N) is 2. The zero-order valence-corrected chi connectivity index (χ0v) is 12.1. The first-order valence-corrected chi connectivity index (χ1v) is 7.11. The third-order valence-electron chi connectivity index (χ3n) is 4.12. The summed E-state index contributed by atoms with van der Waals surface area (Å²) >= 11 is 0. The normalized spacial score (nSPS) is 25.4. The van der Waals surface area contributed by atoms with E-state index >= 15 is 0 Å². The lowest BCUT2D eigenvalue weighted by molar-refractivity contribution is 0.121. The molecule has 0 aromatic carbocycles. The molecule has 1 fully saturated rings. The third-order valence-corrected chi connectivity index (χ3v) is 4.12. The molecule has 1 aromatic rings. The molecule has 1 aliphatic rings. The van der Waals surface area contributed by atoms with E-state index in [0.29, 0.717) is 6.54 Å². The number of aromatic nitrogens is 1. The fourth-order valence-electron chi connectivity index (χ4n) is 2.75. The van der Waals surface area contributed by atoms with Crippen molar-refractivity contribution in [1.82, 2.24) is 15.6 Å². The van der Waals surface area contributed by atoms with Gasteiger partial charge in [-0.2, -0.15) is 0 Å². The van der Waals surface area contributed by atoms with Crippen LogP contribution in [0.15, 0.2) is 18.2 Å². The lowest BCUT2D eigenvalue weighted by Gasteiger charge is -2.30. The van der Waals surface area contributed by atoms with Crippen LogP contribution in [0.2, 0.25) is 0 Å². The fourth-order valence-corrected chi connectivity index (χ4v) is 2.75. The van der Waals surface area contributed by atoms with E-state index in [-0.39, 0.29) is 24.1 Å². The summed E-state index contributed by atoms with van der Waals surface area (Å²) < 4.78 is 0. The first-order chi connectivity index (χ1) is 9.53. The maximum atomic E-state index is 11.9. The van der Waals surface area contributed by atoms with E-state index in [1.54, 1.807) is 0 Å². The second kappa shape index (κ2) is 6.22. The van der Waals surface area contributed by atoms with Gasteiger partial charge in [0.15, 0.2) is 0 Å². The van der Waals surface area contributed by atoms with Gasteiger partial charge in [0.1, 0.15) is 0 Å². The SMILES string of the molecule is Cc1cccc(CNC(=O)NC2CCCC2(C)CO)n1. The lowest BCUT2D eigenvalue weighted by Crippen LogP contribution is -2.48. The molecule has 0 saturated heterocycles. The molecule has 2 atom stereocenters. The number of pyridine rings is 1. The quantitative estimate of drug-likeness (QED) is 0.785. The number of amides is 2. The minimum atomic E-state index is -0.196. The summed E-state index contributed by atoms with van der Waals surface area (Å²) in [7, 11) is 0. The summed E-state index contributed by atoms with van der Waals surface area (Å²) in [6, 6.07) is 5.59. The summed E-state index contributed by atoms with van der Waals surface area (Å²) in [6.45, 7) is 4.47. The van der Waals surface area contributed by atoms with Crippen molar-refractivity contribution in [2.75, 3.05) is 6.61 Å². The Kier molecular flexibility index (Phi) is 4.60. The van der Waals surface area contributed by atoms with E-state index in [1.807, 2.05) is 32.0 Å². The van der Waals surface area contributed by atoms with Crippen LogP contribution in [0.1, 0.15) is 37.6 Å². The average molecular weight is 277 g/mol. The molecule has 3 N–H and O–H groups in total. The van der Waals surface area contributed by atoms with Crippen LogP contribution in [0.25, 0.3) is 0 Å². The van der Waals surface area contributed by atoms with Gasteiger partial charge in [0.25, 0.3) is 0 Å². The van der Waals surface area contributed by atoms with E-state index in [4.69, 9.17) is 0 Å². The average Bonchev–Trinajstić information content (AvgIpc) is 2.79. The number of urea groups is 1. The van der Waals surface area contributed by atoms with Crippen molar-refractivity contribution in [2.45, 2.75) is 45.7 Å². The zero-order valence-electron chi connectivity index (χ0n) is 12.1. The molecule has 1 saturated carbocycles. The topological polar surface area (TPSA) is 74.2 Å². The van der Waals surface area contributed by atoms with Crippen molar-refractivity contribution in [2.24, 2.45) is 5.41 Å². The van der Waals surface area contributed by atoms with Gasteiger partial charge in [-0.15, -0.1) is 0 Å². The first-order valence-electron chi connectivity index (χ1n) is 7.11. The number of aliphatic hydroxyl groups is 1. The molecule has 1 heterocycles. The number of rotatable bonds is 4. The highest BCUT2D eigenvalue weighted by Crippen LogP contribution is 2.37. The largest absolute Gasteiger partial charge is 0.396 e. The molecule has 0 aliphatic heterocycles. The van der Waals surface area contributed by atoms with Crippen molar-refractivity contribution in [3.63, 3.8) is 0 Å². The van der Waals surface area contributed by atoms with Crippen LogP contribution in [-0.4, -0.2) is 28.8 Å². The van der Waals surface area contributed by atoms with Crippen LogP contribution >= 0.6 is 0 Å². The number of carbonyl (C=O) groups excluding carboxylic acids is 1. The van der Waals surface area contributed by atoms with Crippen molar-refractivity contribution in [3.8, 4) is 0 Å². The Labute approximate surface area is 119 Å². The minimum Gasteiger partial charge on any atom is -0.396 e. The Morgan fingerprint density at radius 1 is 1.55 bits per heavy atom. The van der Waals surface area contributed by atoms with Crippen LogP contribution in [0.3, 0.4) is 0 Å². The third kappa shape index (κ3) is 3.48. The molecule has 2 unspecified atom stereocenters. The summed E-state index contributed by atoms with van der Waals surface area (Å²) in [4.78, 5) is 16.3. The van der Waals surface area contributed by atoms with Crippen molar-refractivity contribution in [3.05, 3.63) is 29.6 Å². The smallest absolute Gasteiger partial charge is 0.315 e. The number of hydrogen-bond acceptors (Lipinski definition) is 3. The molecule has 2 amide bonds. The van der Waals surface area contributed by atoms with Crippen LogP contribution in [0.4, 0.5) is 4.79 Å². The van der Waals surface area contributed by atoms with Gasteiger partial charge in [0, 0.05) is 17.2 Å². The molecule has 5 nitrogen and oxygen atoms in total. The minimum absolute atomic E-state index is 0.0398. The Bertz CT molecular complexity index is 478. The lowest BCUT2D eigenvalue weighted by atomic mass is 9.86. The Morgan fingerprint density at radius 2 is 2.35 bits per heavy atom. The standard InChI is InChI=1S/C15H23N3O2/c1-11-5-3-6-12(17-11)9-16-14(20)18-13-7-4-8-15(13,2)10-19/h3,5-6,13,19H,4,7-10H2,1-2H3,(H2,16,18,20). The van der Waals surface area contributed by atoms with E-state index in [1.165, 1.54) is 0 Å². The van der Waals surface area contributed by atoms with Crippen LogP contribution in [0, 0.1) is 12.3 Å². The molecule has 1 aliphatic carbocycles. The van der Waals surface area contributed by atoms with Crippen LogP contribution in [0.5, 0.6) is 0 Å². The number of carbonyl (C=O) groups is 1. The summed E-state index contributed by atoms with van der Waals surface area (Å²) in [5, 5.41) is 15.3. The Morgan fingerprint density at radius 3 is 3.05 bits per heavy atom. The molecular weight excluding hydrogens is 254 g/mol. The number of aryl methyl sites for hydroxylation is 1. The van der Waals surface area contributed by atoms with E-state index in [0.717, 1.165) is 30.7 Å². The Balaban J connectivity index is 1.84. The van der Waals surface area contributed by atoms with E-state index in [9.17, 15) is 9.90 Å². The molecule has 5 heteroatoms. The van der Waals surface area contributed by atoms with Gasteiger partial charge in [0.2, 0.25) is 0 Å². The maximum Gasteiger partial charge on any atom is 0.315 e. The van der Waals surface area contributed by atoms with Gasteiger partial charge >= 0.3 is 6.03 Å². The Hall–Kier alpha value is -1.62. The summed E-state index contributed by atoms with van der Waals surface area (Å²) in [6.07, 6.45) is 2.92.